The van der Waals surface area contributed by atoms with Crippen LogP contribution in [0.15, 0.2) is 24.3 Å². The Kier molecular flexibility index (Phi) is 4.85. The molecule has 0 aromatic heterocycles. The fourth-order valence-electron chi connectivity index (χ4n) is 3.10. The minimum absolute atomic E-state index is 0.237. The van der Waals surface area contributed by atoms with E-state index in [1.54, 1.807) is 0 Å². The lowest BCUT2D eigenvalue weighted by Crippen LogP contribution is -2.50. The van der Waals surface area contributed by atoms with Gasteiger partial charge in [-0.2, -0.15) is 0 Å². The van der Waals surface area contributed by atoms with Crippen LogP contribution in [0.1, 0.15) is 57.1 Å². The fourth-order valence-corrected chi connectivity index (χ4v) is 3.10. The van der Waals surface area contributed by atoms with Crippen LogP contribution in [0.3, 0.4) is 0 Å². The van der Waals surface area contributed by atoms with Crippen LogP contribution in [0.2, 0.25) is 0 Å². The van der Waals surface area contributed by atoms with E-state index in [-0.39, 0.29) is 11.3 Å². The molecule has 1 aromatic carbocycles. The van der Waals surface area contributed by atoms with E-state index in [4.69, 9.17) is 0 Å². The first-order valence-corrected chi connectivity index (χ1v) is 7.98. The van der Waals surface area contributed by atoms with Crippen LogP contribution < -0.4 is 5.32 Å². The predicted octanol–water partition coefficient (Wildman–Crippen LogP) is 3.97. The molecule has 0 unspecified atom stereocenters. The van der Waals surface area contributed by atoms with E-state index in [1.165, 1.54) is 11.1 Å². The highest BCUT2D eigenvalue weighted by molar-refractivity contribution is 5.89. The van der Waals surface area contributed by atoms with Crippen LogP contribution in [-0.4, -0.2) is 12.5 Å². The van der Waals surface area contributed by atoms with Gasteiger partial charge in [0.1, 0.15) is 0 Å². The molecule has 20 heavy (non-hydrogen) atoms. The first-order chi connectivity index (χ1) is 9.62. The van der Waals surface area contributed by atoms with Gasteiger partial charge in [0.15, 0.2) is 0 Å². The molecule has 0 saturated heterocycles. The van der Waals surface area contributed by atoms with Gasteiger partial charge in [-0.3, -0.25) is 4.79 Å². The Labute approximate surface area is 123 Å². The van der Waals surface area contributed by atoms with Crippen molar-refractivity contribution < 1.29 is 4.79 Å². The second kappa shape index (κ2) is 6.43. The highest BCUT2D eigenvalue weighted by Gasteiger charge is 2.45. The summed E-state index contributed by atoms with van der Waals surface area (Å²) in [5, 5.41) is 3.21. The fraction of sp³-hybridized carbons (Fsp3) is 0.611. The Morgan fingerprint density at radius 2 is 2.00 bits per heavy atom. The molecule has 0 bridgehead atoms. The van der Waals surface area contributed by atoms with Crippen molar-refractivity contribution in [3.05, 3.63) is 35.4 Å². The molecule has 110 valence electrons. The molecule has 1 amide bonds. The maximum atomic E-state index is 12.7. The van der Waals surface area contributed by atoms with Gasteiger partial charge in [0, 0.05) is 6.54 Å². The third-order valence-corrected chi connectivity index (χ3v) is 4.92. The molecule has 1 aliphatic carbocycles. The number of hydrogen-bond acceptors (Lipinski definition) is 1. The molecule has 2 rings (SSSR count). The Morgan fingerprint density at radius 1 is 1.30 bits per heavy atom. The zero-order valence-corrected chi connectivity index (χ0v) is 13.0. The summed E-state index contributed by atoms with van der Waals surface area (Å²) in [6.45, 7) is 7.30. The van der Waals surface area contributed by atoms with Gasteiger partial charge >= 0.3 is 0 Å². The molecule has 1 N–H and O–H groups in total. The van der Waals surface area contributed by atoms with Crippen LogP contribution >= 0.6 is 0 Å². The molecular weight excluding hydrogens is 246 g/mol. The van der Waals surface area contributed by atoms with Gasteiger partial charge in [0.2, 0.25) is 5.91 Å². The molecule has 0 aliphatic heterocycles. The average molecular weight is 273 g/mol. The molecule has 0 radical (unpaired) electrons. The normalized spacial score (nSPS) is 16.8. The maximum absolute atomic E-state index is 12.7. The molecule has 1 aliphatic rings. The molecule has 0 spiro atoms. The van der Waals surface area contributed by atoms with E-state index in [0.717, 1.165) is 38.6 Å². The number of carbonyl (C=O) groups excluding carboxylic acids is 1. The number of nitrogens with one attached hydrogen (secondary N) is 1. The van der Waals surface area contributed by atoms with Gasteiger partial charge in [-0.05, 0) is 31.2 Å². The maximum Gasteiger partial charge on any atom is 0.230 e. The second-order valence-electron chi connectivity index (χ2n) is 6.20. The Hall–Kier alpha value is -1.31. The highest BCUT2D eigenvalue weighted by atomic mass is 16.2. The first-order valence-electron chi connectivity index (χ1n) is 7.98. The minimum atomic E-state index is -0.252. The lowest BCUT2D eigenvalue weighted by Gasteiger charge is -2.41. The Balaban J connectivity index is 2.09. The van der Waals surface area contributed by atoms with Crippen LogP contribution in [0.25, 0.3) is 0 Å². The van der Waals surface area contributed by atoms with Crippen molar-refractivity contribution >= 4 is 5.91 Å². The zero-order chi connectivity index (χ0) is 14.6. The summed E-state index contributed by atoms with van der Waals surface area (Å²) in [5.74, 6) is 0.842. The van der Waals surface area contributed by atoms with Gasteiger partial charge in [0.25, 0.3) is 0 Å². The largest absolute Gasteiger partial charge is 0.355 e. The van der Waals surface area contributed by atoms with Gasteiger partial charge < -0.3 is 5.32 Å². The third kappa shape index (κ3) is 2.89. The lowest BCUT2D eigenvalue weighted by atomic mass is 9.63. The number of amides is 1. The van der Waals surface area contributed by atoms with Crippen molar-refractivity contribution in [2.45, 2.75) is 58.3 Å². The van der Waals surface area contributed by atoms with Crippen LogP contribution in [0, 0.1) is 12.8 Å². The predicted molar refractivity (Wildman–Crippen MR) is 83.8 cm³/mol. The summed E-state index contributed by atoms with van der Waals surface area (Å²) < 4.78 is 0. The van der Waals surface area contributed by atoms with E-state index < -0.39 is 0 Å². The van der Waals surface area contributed by atoms with E-state index in [9.17, 15) is 4.79 Å². The number of hydrogen-bond donors (Lipinski definition) is 1. The Bertz CT molecular complexity index is 458. The molecule has 1 saturated carbocycles. The second-order valence-corrected chi connectivity index (χ2v) is 6.20. The summed E-state index contributed by atoms with van der Waals surface area (Å²) in [6, 6.07) is 8.45. The van der Waals surface area contributed by atoms with Crippen molar-refractivity contribution in [2.24, 2.45) is 5.92 Å². The standard InChI is InChI=1S/C18H27NO/c1-4-15(5-2)13-19-17(20)18(10-7-11-18)16-9-6-8-14(3)12-16/h6,8-9,12,15H,4-5,7,10-11,13H2,1-3H3,(H,19,20). The molecule has 1 fully saturated rings. The van der Waals surface area contributed by atoms with Gasteiger partial charge in [-0.15, -0.1) is 0 Å². The monoisotopic (exact) mass is 273 g/mol. The smallest absolute Gasteiger partial charge is 0.230 e. The van der Waals surface area contributed by atoms with E-state index in [1.807, 2.05) is 0 Å². The summed E-state index contributed by atoms with van der Waals surface area (Å²) >= 11 is 0. The van der Waals surface area contributed by atoms with Crippen molar-refractivity contribution in [1.29, 1.82) is 0 Å². The summed E-state index contributed by atoms with van der Waals surface area (Å²) in [6.07, 6.45) is 5.41. The minimum Gasteiger partial charge on any atom is -0.355 e. The van der Waals surface area contributed by atoms with Crippen molar-refractivity contribution in [1.82, 2.24) is 5.32 Å². The quantitative estimate of drug-likeness (QED) is 0.835. The molecule has 2 nitrogen and oxygen atoms in total. The summed E-state index contributed by atoms with van der Waals surface area (Å²) in [7, 11) is 0. The molecule has 2 heteroatoms. The van der Waals surface area contributed by atoms with Crippen LogP contribution in [-0.2, 0) is 10.2 Å². The topological polar surface area (TPSA) is 29.1 Å². The molecule has 0 heterocycles. The average Bonchev–Trinajstić information content (AvgIpc) is 2.39. The van der Waals surface area contributed by atoms with Gasteiger partial charge in [-0.25, -0.2) is 0 Å². The van der Waals surface area contributed by atoms with Gasteiger partial charge in [0.05, 0.1) is 5.41 Å². The van der Waals surface area contributed by atoms with E-state index in [2.05, 4.69) is 50.4 Å². The SMILES string of the molecule is CCC(CC)CNC(=O)C1(c2cccc(C)c2)CCC1. The molecule has 1 aromatic rings. The summed E-state index contributed by atoms with van der Waals surface area (Å²) in [5.41, 5.74) is 2.19. The highest BCUT2D eigenvalue weighted by Crippen LogP contribution is 2.44. The first kappa shape index (κ1) is 15.1. The number of carbonyl (C=O) groups is 1. The molecular formula is C18H27NO. The van der Waals surface area contributed by atoms with Crippen LogP contribution in [0.5, 0.6) is 0 Å². The van der Waals surface area contributed by atoms with Crippen molar-refractivity contribution in [3.8, 4) is 0 Å². The Morgan fingerprint density at radius 3 is 2.50 bits per heavy atom. The third-order valence-electron chi connectivity index (χ3n) is 4.92. The van der Waals surface area contributed by atoms with E-state index >= 15 is 0 Å². The number of aryl methyl sites for hydroxylation is 1. The van der Waals surface area contributed by atoms with Gasteiger partial charge in [-0.1, -0.05) is 62.9 Å². The number of rotatable bonds is 6. The zero-order valence-electron chi connectivity index (χ0n) is 13.0. The lowest BCUT2D eigenvalue weighted by molar-refractivity contribution is -0.130. The summed E-state index contributed by atoms with van der Waals surface area (Å²) in [4.78, 5) is 12.7. The van der Waals surface area contributed by atoms with Crippen molar-refractivity contribution in [3.63, 3.8) is 0 Å². The van der Waals surface area contributed by atoms with E-state index in [0.29, 0.717) is 5.92 Å². The molecule has 0 atom stereocenters. The van der Waals surface area contributed by atoms with Crippen LogP contribution in [0.4, 0.5) is 0 Å². The number of benzene rings is 1. The van der Waals surface area contributed by atoms with Crippen molar-refractivity contribution in [2.75, 3.05) is 6.54 Å².